The highest BCUT2D eigenvalue weighted by Crippen LogP contribution is 2.21. The fourth-order valence-electron chi connectivity index (χ4n) is 4.51. The Bertz CT molecular complexity index is 982. The van der Waals surface area contributed by atoms with Gasteiger partial charge >= 0.3 is 0 Å². The van der Waals surface area contributed by atoms with Crippen LogP contribution in [0.25, 0.3) is 0 Å². The zero-order valence-electron chi connectivity index (χ0n) is 17.7. The fraction of sp³-hybridized carbons (Fsp3) is 0.154. The molecule has 4 rings (SSSR count). The molecule has 0 radical (unpaired) electrons. The number of nitrogens with zero attached hydrogens (tertiary/aromatic N) is 2. The van der Waals surface area contributed by atoms with E-state index in [4.69, 9.17) is 0 Å². The van der Waals surface area contributed by atoms with Gasteiger partial charge in [-0.2, -0.15) is 0 Å². The average Bonchev–Trinajstić information content (AvgIpc) is 3.14. The smallest absolute Gasteiger partial charge is 0.224 e. The first kappa shape index (κ1) is 21.0. The van der Waals surface area contributed by atoms with E-state index in [1.54, 1.807) is 4.57 Å². The van der Waals surface area contributed by atoms with E-state index in [1.165, 1.54) is 27.7 Å². The Morgan fingerprint density at radius 3 is 1.42 bits per heavy atom. The number of benzene rings is 3. The van der Waals surface area contributed by atoms with E-state index in [2.05, 4.69) is 103 Å². The first-order valence-corrected chi connectivity index (χ1v) is 12.5. The summed E-state index contributed by atoms with van der Waals surface area (Å²) in [6.07, 6.45) is 0.799. The van der Waals surface area contributed by atoms with Crippen molar-refractivity contribution in [2.45, 2.75) is 13.0 Å². The molecule has 1 heterocycles. The molecule has 4 nitrogen and oxygen atoms in total. The Morgan fingerprint density at radius 2 is 1.03 bits per heavy atom. The van der Waals surface area contributed by atoms with E-state index in [-0.39, 0.29) is 11.8 Å². The zero-order valence-corrected chi connectivity index (χ0v) is 18.7. The van der Waals surface area contributed by atoms with E-state index in [0.29, 0.717) is 6.54 Å². The normalized spacial score (nSPS) is 11.7. The van der Waals surface area contributed by atoms with Crippen LogP contribution in [-0.2, 0) is 6.54 Å². The van der Waals surface area contributed by atoms with E-state index in [1.807, 2.05) is 0 Å². The van der Waals surface area contributed by atoms with E-state index in [0.717, 1.165) is 13.0 Å². The van der Waals surface area contributed by atoms with Gasteiger partial charge in [0.25, 0.3) is 0 Å². The Balaban J connectivity index is 1.76. The third kappa shape index (κ3) is 4.02. The number of aromatic hydroxyl groups is 2. The molecule has 0 saturated carbocycles. The highest BCUT2D eigenvalue weighted by Gasteiger charge is 2.43. The lowest BCUT2D eigenvalue weighted by molar-refractivity contribution is 0.356. The van der Waals surface area contributed by atoms with Crippen LogP contribution < -0.4 is 15.6 Å². The quantitative estimate of drug-likeness (QED) is 0.335. The molecule has 2 N–H and O–H groups in total. The molecule has 0 unspecified atom stereocenters. The molecule has 3 aromatic carbocycles. The van der Waals surface area contributed by atoms with Crippen molar-refractivity contribution in [1.29, 1.82) is 0 Å². The molecule has 31 heavy (non-hydrogen) atoms. The van der Waals surface area contributed by atoms with Crippen LogP contribution in [0, 0.1) is 0 Å². The summed E-state index contributed by atoms with van der Waals surface area (Å²) in [5.41, 5.74) is 0. The molecule has 0 amide bonds. The van der Waals surface area contributed by atoms with Crippen molar-refractivity contribution in [2.24, 2.45) is 0 Å². The minimum Gasteiger partial charge on any atom is -0.494 e. The van der Waals surface area contributed by atoms with Crippen molar-refractivity contribution in [1.82, 2.24) is 9.13 Å². The van der Waals surface area contributed by atoms with Gasteiger partial charge in [-0.05, 0) is 35.6 Å². The van der Waals surface area contributed by atoms with Crippen LogP contribution in [0.15, 0.2) is 103 Å². The second kappa shape index (κ2) is 9.25. The molecule has 0 aliphatic carbocycles. The Labute approximate surface area is 184 Å². The Kier molecular flexibility index (Phi) is 6.25. The summed E-state index contributed by atoms with van der Waals surface area (Å²) in [5, 5.41) is 24.0. The molecule has 0 aliphatic rings. The van der Waals surface area contributed by atoms with Gasteiger partial charge in [0.1, 0.15) is 0 Å². The third-order valence-corrected chi connectivity index (χ3v) is 10.8. The average molecular weight is 429 g/mol. The van der Waals surface area contributed by atoms with Crippen LogP contribution in [-0.4, -0.2) is 41.2 Å². The lowest BCUT2D eigenvalue weighted by atomic mass is 10.3. The minimum atomic E-state index is -2.48. The van der Waals surface area contributed by atoms with Crippen LogP contribution in [0.1, 0.15) is 6.42 Å². The van der Waals surface area contributed by atoms with Crippen molar-refractivity contribution >= 4 is 23.8 Å². The maximum absolute atomic E-state index is 9.99. The van der Waals surface area contributed by atoms with Crippen LogP contribution in [0.5, 0.6) is 11.8 Å². The van der Waals surface area contributed by atoms with Gasteiger partial charge in [0.05, 0.1) is 0 Å². The highest BCUT2D eigenvalue weighted by molar-refractivity contribution is 7.09. The molecule has 4 aromatic rings. The molecule has 0 bridgehead atoms. The van der Waals surface area contributed by atoms with Gasteiger partial charge in [-0.15, -0.1) is 0 Å². The monoisotopic (exact) mass is 428 g/mol. The molecule has 0 saturated heterocycles. The molecule has 0 atom stereocenters. The van der Waals surface area contributed by atoms with Crippen molar-refractivity contribution in [3.63, 3.8) is 0 Å². The molecular weight excluding hydrogens is 400 g/mol. The predicted molar refractivity (Wildman–Crippen MR) is 129 cm³/mol. The topological polar surface area (TPSA) is 48.6 Å². The molecular formula is C26H28N2O2Si. The van der Waals surface area contributed by atoms with Gasteiger partial charge in [-0.25, -0.2) is 0 Å². The van der Waals surface area contributed by atoms with Crippen LogP contribution in [0.3, 0.4) is 0 Å². The van der Waals surface area contributed by atoms with Crippen LogP contribution >= 0.6 is 0 Å². The summed E-state index contributed by atoms with van der Waals surface area (Å²) in [6, 6.07) is 35.4. The van der Waals surface area contributed by atoms with Gasteiger partial charge in [0.2, 0.25) is 8.24 Å². The second-order valence-corrected chi connectivity index (χ2v) is 11.7. The predicted octanol–water partition coefficient (Wildman–Crippen LogP) is 2.89. The summed E-state index contributed by atoms with van der Waals surface area (Å²) >= 11 is 0. The lowest BCUT2D eigenvalue weighted by Gasteiger charge is -2.41. The van der Waals surface area contributed by atoms with Crippen LogP contribution in [0.2, 0.25) is 0 Å². The minimum absolute atomic E-state index is 0.0952. The first-order chi connectivity index (χ1) is 15.1. The van der Waals surface area contributed by atoms with Crippen molar-refractivity contribution < 1.29 is 10.2 Å². The molecule has 0 spiro atoms. The van der Waals surface area contributed by atoms with Gasteiger partial charge in [0.15, 0.2) is 11.8 Å². The van der Waals surface area contributed by atoms with Crippen LogP contribution in [0.4, 0.5) is 0 Å². The molecule has 0 fully saturated rings. The molecule has 158 valence electrons. The van der Waals surface area contributed by atoms with E-state index >= 15 is 0 Å². The summed E-state index contributed by atoms with van der Waals surface area (Å²) < 4.78 is 4.05. The maximum atomic E-state index is 9.99. The highest BCUT2D eigenvalue weighted by atomic mass is 28.3. The summed E-state index contributed by atoms with van der Waals surface area (Å²) in [5.74, 6) is 0.190. The third-order valence-electron chi connectivity index (χ3n) is 5.96. The van der Waals surface area contributed by atoms with Gasteiger partial charge in [0, 0.05) is 18.7 Å². The van der Waals surface area contributed by atoms with Crippen molar-refractivity contribution in [3.8, 4) is 11.8 Å². The van der Waals surface area contributed by atoms with Gasteiger partial charge in [-0.3, -0.25) is 4.57 Å². The summed E-state index contributed by atoms with van der Waals surface area (Å²) in [6.45, 7) is 1.37. The number of rotatable bonds is 8. The lowest BCUT2D eigenvalue weighted by Crippen LogP contribution is -2.76. The fourth-order valence-corrected chi connectivity index (χ4v) is 9.35. The summed E-state index contributed by atoms with van der Waals surface area (Å²) in [7, 11) is -0.274. The largest absolute Gasteiger partial charge is 0.494 e. The number of hydrogen-bond acceptors (Lipinski definition) is 3. The van der Waals surface area contributed by atoms with Gasteiger partial charge < -0.3 is 14.8 Å². The van der Waals surface area contributed by atoms with Gasteiger partial charge in [-0.1, -0.05) is 91.0 Å². The molecule has 5 heteroatoms. The Morgan fingerprint density at radius 1 is 0.645 bits per heavy atom. The van der Waals surface area contributed by atoms with Crippen molar-refractivity contribution in [2.75, 3.05) is 13.6 Å². The standard InChI is InChI=1S/C26H28N2O2Si/c1-27(20-11-21-28-25(29)18-19-26(28)30)31(22-12-5-2-6-13-22,23-14-7-3-8-15-23)24-16-9-4-10-17-24/h2-10,12-19,29-30H,11,20-21H2,1H3. The number of hydrogen-bond donors (Lipinski definition) is 2. The van der Waals surface area contributed by atoms with E-state index < -0.39 is 8.24 Å². The molecule has 1 aromatic heterocycles. The maximum Gasteiger partial charge on any atom is 0.224 e. The summed E-state index contributed by atoms with van der Waals surface area (Å²) in [4.78, 5) is 0. The van der Waals surface area contributed by atoms with E-state index in [9.17, 15) is 10.2 Å². The number of aromatic nitrogens is 1. The SMILES string of the molecule is CN(CCCn1c(O)ccc1O)[Si](c1ccccc1)(c1ccccc1)c1ccccc1. The molecule has 0 aliphatic heterocycles. The first-order valence-electron chi connectivity index (χ1n) is 10.6. The Hall–Kier alpha value is -3.28. The second-order valence-electron chi connectivity index (χ2n) is 7.78. The van der Waals surface area contributed by atoms with Crippen molar-refractivity contribution in [3.05, 3.63) is 103 Å². The zero-order chi connectivity index (χ0) is 21.7.